The second-order valence-electron chi connectivity index (χ2n) is 11.2. The van der Waals surface area contributed by atoms with Crippen molar-refractivity contribution in [1.82, 2.24) is 4.90 Å². The summed E-state index contributed by atoms with van der Waals surface area (Å²) in [4.78, 5) is 31.3. The van der Waals surface area contributed by atoms with Crippen LogP contribution in [0.25, 0.3) is 15.7 Å². The van der Waals surface area contributed by atoms with Crippen molar-refractivity contribution < 1.29 is 19.1 Å². The molecule has 1 amide bonds. The van der Waals surface area contributed by atoms with Crippen LogP contribution in [-0.4, -0.2) is 44.1 Å². The zero-order chi connectivity index (χ0) is 27.6. The van der Waals surface area contributed by atoms with Crippen molar-refractivity contribution in [3.63, 3.8) is 0 Å². The van der Waals surface area contributed by atoms with Gasteiger partial charge in [-0.3, -0.25) is 9.59 Å². The van der Waals surface area contributed by atoms with Crippen LogP contribution in [0.2, 0.25) is 0 Å². The van der Waals surface area contributed by atoms with Crippen molar-refractivity contribution in [2.24, 2.45) is 11.3 Å². The van der Waals surface area contributed by atoms with Crippen LogP contribution in [0.15, 0.2) is 85.4 Å². The van der Waals surface area contributed by atoms with Gasteiger partial charge in [0.05, 0.1) is 19.6 Å². The molecule has 2 heterocycles. The SMILES string of the molecule is C=C(C(=O)N1C[C@H]2[C@@]3(c4cc5ccccc5s4)CC[C@H](c4ccccc43)[C@@]2(C(=O)OC)C1)c1ccccc1OC. The maximum Gasteiger partial charge on any atom is 0.314 e. The molecule has 2 fully saturated rings. The van der Waals surface area contributed by atoms with E-state index in [-0.39, 0.29) is 23.7 Å². The number of likely N-dealkylation sites (tertiary alicyclic amines) is 1. The Kier molecular flexibility index (Phi) is 5.69. The van der Waals surface area contributed by atoms with Crippen molar-refractivity contribution in [3.05, 3.63) is 107 Å². The lowest BCUT2D eigenvalue weighted by molar-refractivity contribution is -0.161. The quantitative estimate of drug-likeness (QED) is 0.213. The first-order valence-corrected chi connectivity index (χ1v) is 14.6. The number of benzene rings is 3. The lowest BCUT2D eigenvalue weighted by Gasteiger charge is -2.59. The number of hydrogen-bond donors (Lipinski definition) is 0. The van der Waals surface area contributed by atoms with E-state index < -0.39 is 10.8 Å². The minimum atomic E-state index is -0.839. The summed E-state index contributed by atoms with van der Waals surface area (Å²) >= 11 is 1.81. The minimum absolute atomic E-state index is 0.0188. The lowest BCUT2D eigenvalue weighted by Crippen LogP contribution is -2.60. The summed E-state index contributed by atoms with van der Waals surface area (Å²) in [6.45, 7) is 4.96. The largest absolute Gasteiger partial charge is 0.496 e. The van der Waals surface area contributed by atoms with Crippen LogP contribution >= 0.6 is 11.3 Å². The number of fused-ring (bicyclic) bond motifs is 2. The maximum absolute atomic E-state index is 14.1. The van der Waals surface area contributed by atoms with Crippen LogP contribution in [0.1, 0.15) is 40.3 Å². The van der Waals surface area contributed by atoms with E-state index in [4.69, 9.17) is 9.47 Å². The highest BCUT2D eigenvalue weighted by Gasteiger charge is 2.71. The molecule has 5 nitrogen and oxygen atoms in total. The highest BCUT2D eigenvalue weighted by atomic mass is 32.1. The van der Waals surface area contributed by atoms with Gasteiger partial charge in [-0.25, -0.2) is 0 Å². The van der Waals surface area contributed by atoms with Gasteiger partial charge in [-0.1, -0.05) is 67.2 Å². The Labute approximate surface area is 238 Å². The number of esters is 1. The fourth-order valence-electron chi connectivity index (χ4n) is 8.11. The molecule has 1 aromatic heterocycles. The van der Waals surface area contributed by atoms with Crippen molar-refractivity contribution in [3.8, 4) is 5.75 Å². The number of hydrogen-bond acceptors (Lipinski definition) is 5. The fraction of sp³-hybridized carbons (Fsp3) is 0.294. The van der Waals surface area contributed by atoms with Gasteiger partial charge < -0.3 is 14.4 Å². The van der Waals surface area contributed by atoms with Crippen LogP contribution in [0, 0.1) is 11.3 Å². The number of amides is 1. The summed E-state index contributed by atoms with van der Waals surface area (Å²) in [5.74, 6) is 0.0743. The molecule has 1 aliphatic heterocycles. The summed E-state index contributed by atoms with van der Waals surface area (Å²) in [6.07, 6.45) is 1.80. The summed E-state index contributed by atoms with van der Waals surface area (Å²) < 4.78 is 12.4. The molecule has 2 bridgehead atoms. The average molecular weight is 550 g/mol. The monoisotopic (exact) mass is 549 g/mol. The summed E-state index contributed by atoms with van der Waals surface area (Å²) in [7, 11) is 3.07. The molecule has 1 saturated carbocycles. The summed E-state index contributed by atoms with van der Waals surface area (Å²) in [5.41, 5.74) is 2.31. The van der Waals surface area contributed by atoms with Crippen molar-refractivity contribution >= 4 is 38.9 Å². The van der Waals surface area contributed by atoms with Crippen LogP contribution in [0.5, 0.6) is 5.75 Å². The second kappa shape index (κ2) is 9.07. The fourth-order valence-corrected chi connectivity index (χ4v) is 9.46. The van der Waals surface area contributed by atoms with Gasteiger partial charge in [-0.2, -0.15) is 0 Å². The molecule has 4 aliphatic rings. The number of thiophene rings is 1. The van der Waals surface area contributed by atoms with E-state index in [2.05, 4.69) is 61.2 Å². The van der Waals surface area contributed by atoms with Crippen LogP contribution in [0.3, 0.4) is 0 Å². The number of ether oxygens (including phenoxy) is 2. The third kappa shape index (κ3) is 3.20. The molecular formula is C34H31NO4S. The Morgan fingerprint density at radius 1 is 1.00 bits per heavy atom. The zero-order valence-electron chi connectivity index (χ0n) is 22.7. The zero-order valence-corrected chi connectivity index (χ0v) is 23.5. The van der Waals surface area contributed by atoms with Crippen molar-refractivity contribution in [2.45, 2.75) is 24.2 Å². The molecule has 40 heavy (non-hydrogen) atoms. The standard InChI is InChI=1S/C34H31NO4S/c1-21(23-11-6-8-14-27(23)38-2)31(36)35-19-29-33(30-18-22-10-4-9-15-28(22)40-30)17-16-26(24-12-5-7-13-25(24)33)34(29,20-35)32(37)39-3/h4-15,18,26,29H,1,16-17,19-20H2,2-3H3/t26-,29+,33-,34+/m1/s1. The Bertz CT molecular complexity index is 1660. The molecule has 202 valence electrons. The molecule has 1 saturated heterocycles. The van der Waals surface area contributed by atoms with Gasteiger partial charge in [0.1, 0.15) is 5.75 Å². The first-order chi connectivity index (χ1) is 19.5. The van der Waals surface area contributed by atoms with E-state index in [0.29, 0.717) is 30.0 Å². The first kappa shape index (κ1) is 25.1. The number of nitrogens with zero attached hydrogens (tertiary/aromatic N) is 1. The van der Waals surface area contributed by atoms with Gasteiger partial charge >= 0.3 is 5.97 Å². The number of rotatable bonds is 5. The van der Waals surface area contributed by atoms with E-state index in [0.717, 1.165) is 12.8 Å². The van der Waals surface area contributed by atoms with E-state index in [9.17, 15) is 9.59 Å². The summed E-state index contributed by atoms with van der Waals surface area (Å²) in [6, 6.07) is 26.8. The molecule has 0 spiro atoms. The Morgan fingerprint density at radius 3 is 2.55 bits per heavy atom. The number of methoxy groups -OCH3 is 2. The topological polar surface area (TPSA) is 55.8 Å². The molecule has 8 rings (SSSR count). The molecule has 4 aromatic rings. The number of para-hydroxylation sites is 1. The summed E-state index contributed by atoms with van der Waals surface area (Å²) in [5, 5.41) is 1.21. The molecule has 0 radical (unpaired) electrons. The molecule has 4 atom stereocenters. The number of carbonyl (C=O) groups excluding carboxylic acids is 2. The van der Waals surface area contributed by atoms with Gasteiger partial charge in [0.2, 0.25) is 0 Å². The Hall–Kier alpha value is -3.90. The molecular weight excluding hydrogens is 518 g/mol. The maximum atomic E-state index is 14.1. The predicted molar refractivity (Wildman–Crippen MR) is 158 cm³/mol. The van der Waals surface area contributed by atoms with Gasteiger partial charge in [0, 0.05) is 51.1 Å². The first-order valence-electron chi connectivity index (χ1n) is 13.7. The predicted octanol–water partition coefficient (Wildman–Crippen LogP) is 6.42. The second-order valence-corrected chi connectivity index (χ2v) is 12.3. The van der Waals surface area contributed by atoms with Gasteiger partial charge in [0.15, 0.2) is 0 Å². The van der Waals surface area contributed by atoms with Crippen LogP contribution in [0.4, 0.5) is 0 Å². The van der Waals surface area contributed by atoms with Gasteiger partial charge in [-0.05, 0) is 47.6 Å². The molecule has 0 unspecified atom stereocenters. The molecule has 3 aliphatic carbocycles. The van der Waals surface area contributed by atoms with Crippen LogP contribution < -0.4 is 4.74 Å². The Morgan fingerprint density at radius 2 is 1.75 bits per heavy atom. The van der Waals surface area contributed by atoms with E-state index in [1.165, 1.54) is 33.2 Å². The molecule has 3 aromatic carbocycles. The highest BCUT2D eigenvalue weighted by Crippen LogP contribution is 2.70. The van der Waals surface area contributed by atoms with E-state index >= 15 is 0 Å². The van der Waals surface area contributed by atoms with E-state index in [1.807, 2.05) is 40.5 Å². The number of carbonyl (C=O) groups is 2. The molecule has 6 heteroatoms. The van der Waals surface area contributed by atoms with E-state index in [1.54, 1.807) is 7.11 Å². The highest BCUT2D eigenvalue weighted by molar-refractivity contribution is 7.19. The van der Waals surface area contributed by atoms with Gasteiger partial charge in [0.25, 0.3) is 5.91 Å². The Balaban J connectivity index is 1.40. The third-order valence-corrected chi connectivity index (χ3v) is 11.0. The smallest absolute Gasteiger partial charge is 0.314 e. The van der Waals surface area contributed by atoms with Gasteiger partial charge in [-0.15, -0.1) is 11.3 Å². The molecule has 0 N–H and O–H groups in total. The van der Waals surface area contributed by atoms with Crippen LogP contribution in [-0.2, 0) is 19.7 Å². The third-order valence-electron chi connectivity index (χ3n) is 9.75. The van der Waals surface area contributed by atoms with Crippen molar-refractivity contribution in [1.29, 1.82) is 0 Å². The average Bonchev–Trinajstić information content (AvgIpc) is 3.64. The minimum Gasteiger partial charge on any atom is -0.496 e. The normalized spacial score (nSPS) is 26.3. The van der Waals surface area contributed by atoms with Crippen molar-refractivity contribution in [2.75, 3.05) is 27.3 Å². The lowest BCUT2D eigenvalue weighted by atomic mass is 9.43.